The highest BCUT2D eigenvalue weighted by atomic mass is 16.5. The largest absolute Gasteiger partial charge is 0.497 e. The van der Waals surface area contributed by atoms with Crippen LogP contribution in [-0.2, 0) is 11.3 Å². The van der Waals surface area contributed by atoms with Crippen LogP contribution in [0.3, 0.4) is 0 Å². The highest BCUT2D eigenvalue weighted by Crippen LogP contribution is 2.31. The molecule has 1 amide bonds. The molecule has 0 bridgehead atoms. The summed E-state index contributed by atoms with van der Waals surface area (Å²) >= 11 is 0. The van der Waals surface area contributed by atoms with E-state index in [1.165, 1.54) is 12.8 Å². The third kappa shape index (κ3) is 4.60. The summed E-state index contributed by atoms with van der Waals surface area (Å²) in [4.78, 5) is 14.4. The van der Waals surface area contributed by atoms with E-state index >= 15 is 0 Å². The van der Waals surface area contributed by atoms with E-state index in [9.17, 15) is 4.79 Å². The third-order valence-electron chi connectivity index (χ3n) is 4.63. The molecule has 1 aliphatic carbocycles. The number of aromatic nitrogens is 2. The highest BCUT2D eigenvalue weighted by Gasteiger charge is 2.20. The molecule has 0 saturated heterocycles. The fraction of sp³-hybridized carbons (Fsp3) is 0.474. The first-order valence-corrected chi connectivity index (χ1v) is 8.80. The number of methoxy groups -OCH3 is 1. The Balaban J connectivity index is 1.52. The summed E-state index contributed by atoms with van der Waals surface area (Å²) in [7, 11) is 3.60. The maximum Gasteiger partial charge on any atom is 0.239 e. The molecule has 0 atom stereocenters. The van der Waals surface area contributed by atoms with Crippen molar-refractivity contribution in [3.8, 4) is 5.75 Å². The van der Waals surface area contributed by atoms with Gasteiger partial charge in [-0.2, -0.15) is 5.10 Å². The van der Waals surface area contributed by atoms with Gasteiger partial charge in [0.25, 0.3) is 0 Å². The molecule has 25 heavy (non-hydrogen) atoms. The molecule has 0 radical (unpaired) electrons. The fourth-order valence-electron chi connectivity index (χ4n) is 3.38. The molecule has 1 N–H and O–H groups in total. The van der Waals surface area contributed by atoms with E-state index in [-0.39, 0.29) is 5.91 Å². The molecular formula is C19H26N4O2. The number of carbonyl (C=O) groups is 1. The van der Waals surface area contributed by atoms with Crippen molar-refractivity contribution in [1.29, 1.82) is 0 Å². The first kappa shape index (κ1) is 17.5. The predicted octanol–water partition coefficient (Wildman–Crippen LogP) is 3.08. The van der Waals surface area contributed by atoms with Crippen LogP contribution in [0.4, 0.5) is 5.82 Å². The van der Waals surface area contributed by atoms with Crippen molar-refractivity contribution >= 4 is 11.7 Å². The van der Waals surface area contributed by atoms with Gasteiger partial charge in [-0.3, -0.25) is 9.69 Å². The van der Waals surface area contributed by atoms with Crippen LogP contribution in [0.15, 0.2) is 36.5 Å². The van der Waals surface area contributed by atoms with Crippen LogP contribution in [0.5, 0.6) is 5.75 Å². The van der Waals surface area contributed by atoms with Crippen LogP contribution < -0.4 is 10.1 Å². The summed E-state index contributed by atoms with van der Waals surface area (Å²) < 4.78 is 7.13. The second-order valence-corrected chi connectivity index (χ2v) is 6.67. The normalized spacial score (nSPS) is 14.8. The Morgan fingerprint density at radius 3 is 2.68 bits per heavy atom. The van der Waals surface area contributed by atoms with E-state index in [1.807, 2.05) is 47.0 Å². The summed E-state index contributed by atoms with van der Waals surface area (Å²) in [5.74, 6) is 1.62. The highest BCUT2D eigenvalue weighted by molar-refractivity contribution is 5.91. The first-order chi connectivity index (χ1) is 12.2. The fourth-order valence-corrected chi connectivity index (χ4v) is 3.38. The Morgan fingerprint density at radius 2 is 2.00 bits per heavy atom. The number of likely N-dealkylation sites (N-methyl/N-ethyl adjacent to an activating group) is 1. The van der Waals surface area contributed by atoms with E-state index in [0.717, 1.165) is 30.0 Å². The first-order valence-electron chi connectivity index (χ1n) is 8.80. The molecule has 1 aromatic carbocycles. The Hall–Kier alpha value is -2.34. The molecular weight excluding hydrogens is 316 g/mol. The van der Waals surface area contributed by atoms with E-state index in [2.05, 4.69) is 10.4 Å². The van der Waals surface area contributed by atoms with E-state index < -0.39 is 0 Å². The summed E-state index contributed by atoms with van der Waals surface area (Å²) in [5.41, 5.74) is 1.15. The molecule has 0 unspecified atom stereocenters. The van der Waals surface area contributed by atoms with Gasteiger partial charge in [0, 0.05) is 12.6 Å². The van der Waals surface area contributed by atoms with Crippen LogP contribution in [0.1, 0.15) is 37.3 Å². The molecule has 1 aromatic heterocycles. The summed E-state index contributed by atoms with van der Waals surface area (Å²) in [6.45, 7) is 1.04. The van der Waals surface area contributed by atoms with Gasteiger partial charge in [0.1, 0.15) is 11.6 Å². The number of benzene rings is 1. The number of ether oxygens (including phenoxy) is 1. The van der Waals surface area contributed by atoms with Crippen LogP contribution in [-0.4, -0.2) is 41.3 Å². The molecule has 6 nitrogen and oxygen atoms in total. The number of carbonyl (C=O) groups excluding carboxylic acids is 1. The minimum absolute atomic E-state index is 0.0178. The molecule has 1 aliphatic rings. The van der Waals surface area contributed by atoms with Gasteiger partial charge in [0.05, 0.1) is 25.9 Å². The molecule has 2 aromatic rings. The lowest BCUT2D eigenvalue weighted by atomic mass is 10.2. The number of hydrogen-bond donors (Lipinski definition) is 1. The SMILES string of the molecule is COc1ccc(CN(C)CC(=O)Nc2ccnn2C2CCCC2)cc1. The van der Waals surface area contributed by atoms with Crippen molar-refractivity contribution < 1.29 is 9.53 Å². The molecule has 0 aliphatic heterocycles. The zero-order valence-corrected chi connectivity index (χ0v) is 14.9. The average Bonchev–Trinajstić information content (AvgIpc) is 3.26. The van der Waals surface area contributed by atoms with E-state index in [0.29, 0.717) is 19.1 Å². The summed E-state index contributed by atoms with van der Waals surface area (Å²) in [5, 5.41) is 7.39. The lowest BCUT2D eigenvalue weighted by molar-refractivity contribution is -0.117. The smallest absolute Gasteiger partial charge is 0.239 e. The zero-order valence-electron chi connectivity index (χ0n) is 14.9. The standard InChI is InChI=1S/C19H26N4O2/c1-22(13-15-7-9-17(25-2)10-8-15)14-19(24)21-18-11-12-20-23(18)16-5-3-4-6-16/h7-12,16H,3-6,13-14H2,1-2H3,(H,21,24). The molecule has 1 fully saturated rings. The Bertz CT molecular complexity index is 690. The number of nitrogens with one attached hydrogen (secondary N) is 1. The van der Waals surface area contributed by atoms with E-state index in [1.54, 1.807) is 13.3 Å². The lowest BCUT2D eigenvalue weighted by Crippen LogP contribution is -2.30. The van der Waals surface area contributed by atoms with Crippen molar-refractivity contribution in [2.24, 2.45) is 0 Å². The number of hydrogen-bond acceptors (Lipinski definition) is 4. The van der Waals surface area contributed by atoms with Gasteiger partial charge in [-0.1, -0.05) is 25.0 Å². The van der Waals surface area contributed by atoms with Gasteiger partial charge in [0.2, 0.25) is 5.91 Å². The molecule has 0 spiro atoms. The minimum atomic E-state index is -0.0178. The topological polar surface area (TPSA) is 59.4 Å². The van der Waals surface area contributed by atoms with Crippen molar-refractivity contribution in [2.45, 2.75) is 38.3 Å². The van der Waals surface area contributed by atoms with Crippen LogP contribution in [0.25, 0.3) is 0 Å². The van der Waals surface area contributed by atoms with Crippen molar-refractivity contribution in [2.75, 3.05) is 26.0 Å². The van der Waals surface area contributed by atoms with Gasteiger partial charge in [-0.15, -0.1) is 0 Å². The summed E-state index contributed by atoms with van der Waals surface area (Å²) in [6.07, 6.45) is 6.52. The Kier molecular flexibility index (Phi) is 5.71. The lowest BCUT2D eigenvalue weighted by Gasteiger charge is -2.18. The Labute approximate surface area is 148 Å². The van der Waals surface area contributed by atoms with Crippen molar-refractivity contribution in [1.82, 2.24) is 14.7 Å². The van der Waals surface area contributed by atoms with Crippen LogP contribution in [0.2, 0.25) is 0 Å². The second-order valence-electron chi connectivity index (χ2n) is 6.67. The van der Waals surface area contributed by atoms with Gasteiger partial charge in [-0.25, -0.2) is 4.68 Å². The van der Waals surface area contributed by atoms with Gasteiger partial charge >= 0.3 is 0 Å². The van der Waals surface area contributed by atoms with Gasteiger partial charge < -0.3 is 10.1 Å². The number of anilines is 1. The van der Waals surface area contributed by atoms with Gasteiger partial charge in [0.15, 0.2) is 0 Å². The quantitative estimate of drug-likeness (QED) is 0.840. The maximum absolute atomic E-state index is 12.4. The molecule has 6 heteroatoms. The molecule has 3 rings (SSSR count). The maximum atomic E-state index is 12.4. The molecule has 1 saturated carbocycles. The monoisotopic (exact) mass is 342 g/mol. The number of amides is 1. The van der Waals surface area contributed by atoms with Crippen molar-refractivity contribution in [3.05, 3.63) is 42.1 Å². The van der Waals surface area contributed by atoms with Crippen LogP contribution >= 0.6 is 0 Å². The minimum Gasteiger partial charge on any atom is -0.497 e. The average molecular weight is 342 g/mol. The molecule has 1 heterocycles. The Morgan fingerprint density at radius 1 is 1.28 bits per heavy atom. The predicted molar refractivity (Wildman–Crippen MR) is 97.7 cm³/mol. The number of rotatable bonds is 7. The van der Waals surface area contributed by atoms with Crippen molar-refractivity contribution in [3.63, 3.8) is 0 Å². The van der Waals surface area contributed by atoms with Gasteiger partial charge in [-0.05, 0) is 37.6 Å². The third-order valence-corrected chi connectivity index (χ3v) is 4.63. The molecule has 134 valence electrons. The summed E-state index contributed by atoms with van der Waals surface area (Å²) in [6, 6.07) is 10.2. The van der Waals surface area contributed by atoms with E-state index in [4.69, 9.17) is 4.74 Å². The number of nitrogens with zero attached hydrogens (tertiary/aromatic N) is 3. The second kappa shape index (κ2) is 8.16. The van der Waals surface area contributed by atoms with Crippen LogP contribution in [0, 0.1) is 0 Å². The zero-order chi connectivity index (χ0) is 17.6.